The van der Waals surface area contributed by atoms with Crippen molar-refractivity contribution in [1.29, 1.82) is 0 Å². The predicted molar refractivity (Wildman–Crippen MR) is 98.5 cm³/mol. The summed E-state index contributed by atoms with van der Waals surface area (Å²) in [5, 5.41) is 0. The minimum atomic E-state index is -0.569. The van der Waals surface area contributed by atoms with E-state index in [1.807, 2.05) is 31.2 Å². The number of primary amides is 1. The first-order chi connectivity index (χ1) is 12.6. The Morgan fingerprint density at radius 1 is 1.08 bits per heavy atom. The number of nitrogens with two attached hydrogens (primary N) is 1. The lowest BCUT2D eigenvalue weighted by molar-refractivity contribution is -0.121. The summed E-state index contributed by atoms with van der Waals surface area (Å²) < 4.78 is 5.63. The summed E-state index contributed by atoms with van der Waals surface area (Å²) in [6, 6.07) is 15.8. The van der Waals surface area contributed by atoms with Gasteiger partial charge in [0.15, 0.2) is 0 Å². The van der Waals surface area contributed by atoms with Gasteiger partial charge >= 0.3 is 6.09 Å². The highest BCUT2D eigenvalue weighted by Gasteiger charge is 2.38. The number of hydrogen-bond acceptors (Lipinski definition) is 3. The molecule has 1 aliphatic heterocycles. The van der Waals surface area contributed by atoms with Crippen molar-refractivity contribution in [3.05, 3.63) is 59.7 Å². The molecule has 1 aliphatic carbocycles. The molecule has 2 amide bonds. The highest BCUT2D eigenvalue weighted by molar-refractivity contribution is 5.85. The number of rotatable bonds is 3. The van der Waals surface area contributed by atoms with Crippen molar-refractivity contribution in [3.8, 4) is 11.1 Å². The Kier molecular flexibility index (Phi) is 4.15. The number of carbonyl (C=O) groups is 2. The van der Waals surface area contributed by atoms with Crippen LogP contribution in [0.4, 0.5) is 4.79 Å². The highest BCUT2D eigenvalue weighted by Crippen LogP contribution is 2.44. The summed E-state index contributed by atoms with van der Waals surface area (Å²) in [6.07, 6.45) is 0.138. The van der Waals surface area contributed by atoms with E-state index in [-0.39, 0.29) is 18.4 Å². The van der Waals surface area contributed by atoms with Gasteiger partial charge in [-0.15, -0.1) is 0 Å². The van der Waals surface area contributed by atoms with Crippen molar-refractivity contribution in [2.24, 2.45) is 11.7 Å². The molecule has 0 bridgehead atoms. The number of fused-ring (bicyclic) bond motifs is 3. The second-order valence-corrected chi connectivity index (χ2v) is 7.22. The van der Waals surface area contributed by atoms with Gasteiger partial charge in [0.1, 0.15) is 12.6 Å². The Morgan fingerprint density at radius 3 is 2.23 bits per heavy atom. The first-order valence-corrected chi connectivity index (χ1v) is 8.97. The SMILES string of the molecule is CC1C[C@@H](C(N)=O)N(C(=O)OCC2c3ccccc3-c3ccccc32)C1. The fourth-order valence-electron chi connectivity index (χ4n) is 4.19. The first kappa shape index (κ1) is 16.6. The van der Waals surface area contributed by atoms with Crippen LogP contribution in [0, 0.1) is 5.92 Å². The largest absolute Gasteiger partial charge is 0.448 e. The van der Waals surface area contributed by atoms with E-state index in [1.54, 1.807) is 0 Å². The molecule has 1 fully saturated rings. The second-order valence-electron chi connectivity index (χ2n) is 7.22. The van der Waals surface area contributed by atoms with Gasteiger partial charge in [-0.1, -0.05) is 55.5 Å². The lowest BCUT2D eigenvalue weighted by Crippen LogP contribution is -2.44. The number of carbonyl (C=O) groups excluding carboxylic acids is 2. The third kappa shape index (κ3) is 2.73. The molecule has 2 aromatic rings. The molecule has 26 heavy (non-hydrogen) atoms. The molecule has 2 atom stereocenters. The first-order valence-electron chi connectivity index (χ1n) is 8.97. The Hall–Kier alpha value is -2.82. The number of benzene rings is 2. The minimum Gasteiger partial charge on any atom is -0.448 e. The van der Waals surface area contributed by atoms with Crippen LogP contribution in [-0.2, 0) is 9.53 Å². The number of ether oxygens (including phenoxy) is 1. The van der Waals surface area contributed by atoms with Crippen LogP contribution in [0.1, 0.15) is 30.4 Å². The van der Waals surface area contributed by atoms with Crippen molar-refractivity contribution >= 4 is 12.0 Å². The van der Waals surface area contributed by atoms with Crippen LogP contribution in [0.25, 0.3) is 11.1 Å². The van der Waals surface area contributed by atoms with Gasteiger partial charge < -0.3 is 10.5 Å². The lowest BCUT2D eigenvalue weighted by atomic mass is 9.98. The quantitative estimate of drug-likeness (QED) is 0.924. The molecule has 2 N–H and O–H groups in total. The van der Waals surface area contributed by atoms with E-state index in [2.05, 4.69) is 24.3 Å². The maximum atomic E-state index is 12.6. The fourth-order valence-corrected chi connectivity index (χ4v) is 4.19. The zero-order chi connectivity index (χ0) is 18.3. The highest BCUT2D eigenvalue weighted by atomic mass is 16.6. The molecule has 4 rings (SSSR count). The molecule has 0 saturated carbocycles. The summed E-state index contributed by atoms with van der Waals surface area (Å²) in [6.45, 7) is 2.76. The molecule has 1 heterocycles. The molecule has 134 valence electrons. The lowest BCUT2D eigenvalue weighted by Gasteiger charge is -2.23. The molecule has 5 heteroatoms. The molecule has 2 aliphatic rings. The molecular weight excluding hydrogens is 328 g/mol. The van der Waals surface area contributed by atoms with Crippen molar-refractivity contribution in [1.82, 2.24) is 4.90 Å². The number of nitrogens with zero attached hydrogens (tertiary/aromatic N) is 1. The van der Waals surface area contributed by atoms with E-state index >= 15 is 0 Å². The predicted octanol–water partition coefficient (Wildman–Crippen LogP) is 3.13. The van der Waals surface area contributed by atoms with E-state index in [1.165, 1.54) is 27.2 Å². The summed E-state index contributed by atoms with van der Waals surface area (Å²) in [5.41, 5.74) is 10.2. The van der Waals surface area contributed by atoms with Gasteiger partial charge in [-0.3, -0.25) is 9.69 Å². The molecule has 5 nitrogen and oxygen atoms in total. The number of amides is 2. The summed E-state index contributed by atoms with van der Waals surface area (Å²) >= 11 is 0. The Bertz CT molecular complexity index is 818. The molecule has 1 saturated heterocycles. The molecule has 0 spiro atoms. The van der Waals surface area contributed by atoms with Gasteiger partial charge in [0.05, 0.1) is 0 Å². The van der Waals surface area contributed by atoms with Crippen LogP contribution in [0.15, 0.2) is 48.5 Å². The Labute approximate surface area is 152 Å². The number of likely N-dealkylation sites (tertiary alicyclic amines) is 1. The third-order valence-electron chi connectivity index (χ3n) is 5.41. The van der Waals surface area contributed by atoms with Gasteiger partial charge in [0.25, 0.3) is 0 Å². The van der Waals surface area contributed by atoms with Gasteiger partial charge in [-0.05, 0) is 34.6 Å². The van der Waals surface area contributed by atoms with Crippen molar-refractivity contribution < 1.29 is 14.3 Å². The topological polar surface area (TPSA) is 72.6 Å². The monoisotopic (exact) mass is 350 g/mol. The van der Waals surface area contributed by atoms with Crippen molar-refractivity contribution in [2.45, 2.75) is 25.3 Å². The molecular formula is C21H22N2O3. The van der Waals surface area contributed by atoms with Crippen LogP contribution in [0.2, 0.25) is 0 Å². The van der Waals surface area contributed by atoms with E-state index in [4.69, 9.17) is 10.5 Å². The average Bonchev–Trinajstić information content (AvgIpc) is 3.18. The smallest absolute Gasteiger partial charge is 0.410 e. The maximum Gasteiger partial charge on any atom is 0.410 e. The molecule has 2 aromatic carbocycles. The van der Waals surface area contributed by atoms with Crippen LogP contribution in [-0.4, -0.2) is 36.1 Å². The van der Waals surface area contributed by atoms with E-state index in [9.17, 15) is 9.59 Å². The molecule has 0 radical (unpaired) electrons. The zero-order valence-corrected chi connectivity index (χ0v) is 14.7. The molecule has 0 aromatic heterocycles. The van der Waals surface area contributed by atoms with E-state index < -0.39 is 18.0 Å². The van der Waals surface area contributed by atoms with Gasteiger partial charge in [-0.25, -0.2) is 4.79 Å². The summed E-state index contributed by atoms with van der Waals surface area (Å²) in [7, 11) is 0. The van der Waals surface area contributed by atoms with Crippen molar-refractivity contribution in [2.75, 3.05) is 13.2 Å². The third-order valence-corrected chi connectivity index (χ3v) is 5.41. The minimum absolute atomic E-state index is 0.0124. The molecule has 1 unspecified atom stereocenters. The van der Waals surface area contributed by atoms with E-state index in [0.717, 1.165) is 0 Å². The summed E-state index contributed by atoms with van der Waals surface area (Å²) in [4.78, 5) is 25.7. The van der Waals surface area contributed by atoms with Crippen LogP contribution in [0.5, 0.6) is 0 Å². The van der Waals surface area contributed by atoms with Crippen molar-refractivity contribution in [3.63, 3.8) is 0 Å². The normalized spacial score (nSPS) is 21.3. The van der Waals surface area contributed by atoms with Gasteiger partial charge in [0.2, 0.25) is 5.91 Å². The van der Waals surface area contributed by atoms with Gasteiger partial charge in [-0.2, -0.15) is 0 Å². The fraction of sp³-hybridized carbons (Fsp3) is 0.333. The summed E-state index contributed by atoms with van der Waals surface area (Å²) in [5.74, 6) is -0.214. The van der Waals surface area contributed by atoms with Crippen LogP contribution >= 0.6 is 0 Å². The van der Waals surface area contributed by atoms with Crippen LogP contribution in [0.3, 0.4) is 0 Å². The van der Waals surface area contributed by atoms with Crippen LogP contribution < -0.4 is 5.73 Å². The van der Waals surface area contributed by atoms with Gasteiger partial charge in [0, 0.05) is 12.5 Å². The second kappa shape index (κ2) is 6.48. The standard InChI is InChI=1S/C21H22N2O3/c1-13-10-19(20(22)24)23(11-13)21(25)26-12-18-16-8-4-2-6-14(16)15-7-3-5-9-17(15)18/h2-9,13,18-19H,10-12H2,1H3,(H2,22,24)/t13?,19-/m0/s1. The maximum absolute atomic E-state index is 12.6. The zero-order valence-electron chi connectivity index (χ0n) is 14.7. The Balaban J connectivity index is 1.53. The van der Waals surface area contributed by atoms with E-state index in [0.29, 0.717) is 13.0 Å². The average molecular weight is 350 g/mol. The number of hydrogen-bond donors (Lipinski definition) is 1. The Morgan fingerprint density at radius 2 is 1.65 bits per heavy atom.